The Morgan fingerprint density at radius 3 is 2.41 bits per heavy atom. The number of nitrogens with zero attached hydrogens (tertiary/aromatic N) is 4. The first-order valence-electron chi connectivity index (χ1n) is 10.0. The van der Waals surface area contributed by atoms with Gasteiger partial charge in [0.1, 0.15) is 17.3 Å². The van der Waals surface area contributed by atoms with Crippen molar-refractivity contribution < 1.29 is 4.79 Å². The molecule has 1 aliphatic heterocycles. The second-order valence-electron chi connectivity index (χ2n) is 7.26. The summed E-state index contributed by atoms with van der Waals surface area (Å²) in [5, 5.41) is 0. The molecular weight excluding hydrogens is 336 g/mol. The maximum atomic E-state index is 13.0. The molecule has 1 aromatic carbocycles. The van der Waals surface area contributed by atoms with Crippen molar-refractivity contribution in [1.29, 1.82) is 0 Å². The highest BCUT2D eigenvalue weighted by atomic mass is 16.2. The van der Waals surface area contributed by atoms with E-state index in [1.54, 1.807) is 0 Å². The van der Waals surface area contributed by atoms with Crippen LogP contribution in [0.2, 0.25) is 0 Å². The summed E-state index contributed by atoms with van der Waals surface area (Å²) >= 11 is 0. The Labute approximate surface area is 162 Å². The van der Waals surface area contributed by atoms with Gasteiger partial charge < -0.3 is 9.80 Å². The summed E-state index contributed by atoms with van der Waals surface area (Å²) in [6.45, 7) is 9.40. The van der Waals surface area contributed by atoms with Crippen LogP contribution in [-0.2, 0) is 6.42 Å². The molecule has 0 unspecified atom stereocenters. The zero-order chi connectivity index (χ0) is 19.2. The Morgan fingerprint density at radius 2 is 1.78 bits per heavy atom. The molecular formula is C22H30N4O. The van der Waals surface area contributed by atoms with Crippen LogP contribution in [0, 0.1) is 12.8 Å². The molecule has 2 aromatic rings. The van der Waals surface area contributed by atoms with Crippen molar-refractivity contribution in [3.63, 3.8) is 0 Å². The second-order valence-corrected chi connectivity index (χ2v) is 7.26. The number of carbonyl (C=O) groups excluding carboxylic acids is 1. The zero-order valence-corrected chi connectivity index (χ0v) is 16.7. The molecule has 0 N–H and O–H groups in total. The van der Waals surface area contributed by atoms with Gasteiger partial charge in [0.25, 0.3) is 5.91 Å². The van der Waals surface area contributed by atoms with E-state index in [-0.39, 0.29) is 5.91 Å². The van der Waals surface area contributed by atoms with Gasteiger partial charge in [-0.15, -0.1) is 0 Å². The van der Waals surface area contributed by atoms with Crippen LogP contribution in [-0.4, -0.2) is 47.0 Å². The number of hydrogen-bond acceptors (Lipinski definition) is 4. The lowest BCUT2D eigenvalue weighted by molar-refractivity contribution is 0.0684. The van der Waals surface area contributed by atoms with Gasteiger partial charge in [0.15, 0.2) is 0 Å². The number of benzene rings is 1. The fourth-order valence-corrected chi connectivity index (χ4v) is 3.82. The van der Waals surface area contributed by atoms with Gasteiger partial charge in [0.2, 0.25) is 0 Å². The number of aryl methyl sites for hydroxylation is 1. The quantitative estimate of drug-likeness (QED) is 0.782. The Balaban J connectivity index is 1.64. The van der Waals surface area contributed by atoms with Crippen molar-refractivity contribution in [2.75, 3.05) is 31.1 Å². The van der Waals surface area contributed by atoms with Crippen LogP contribution in [0.15, 0.2) is 36.4 Å². The van der Waals surface area contributed by atoms with Crippen molar-refractivity contribution >= 4 is 11.7 Å². The summed E-state index contributed by atoms with van der Waals surface area (Å²) in [7, 11) is 0. The standard InChI is InChI=1S/C22H30N4O/c1-4-25(5-2)21-16-20(23-17(3)24-21)22(27)26-13-11-19(12-14-26)15-18-9-7-6-8-10-18/h6-10,16,19H,4-5,11-15H2,1-3H3. The average Bonchev–Trinajstić information content (AvgIpc) is 2.69. The molecule has 0 atom stereocenters. The number of likely N-dealkylation sites (tertiary alicyclic amines) is 1. The van der Waals surface area contributed by atoms with Gasteiger partial charge >= 0.3 is 0 Å². The molecule has 5 nitrogen and oxygen atoms in total. The van der Waals surface area contributed by atoms with Gasteiger partial charge in [0, 0.05) is 32.2 Å². The SMILES string of the molecule is CCN(CC)c1cc(C(=O)N2CCC(Cc3ccccc3)CC2)nc(C)n1. The largest absolute Gasteiger partial charge is 0.357 e. The summed E-state index contributed by atoms with van der Waals surface area (Å²) in [4.78, 5) is 26.0. The van der Waals surface area contributed by atoms with Crippen LogP contribution in [0.25, 0.3) is 0 Å². The van der Waals surface area contributed by atoms with Crippen molar-refractivity contribution in [3.05, 3.63) is 53.5 Å². The molecule has 144 valence electrons. The summed E-state index contributed by atoms with van der Waals surface area (Å²) < 4.78 is 0. The second kappa shape index (κ2) is 8.98. The molecule has 0 bridgehead atoms. The maximum Gasteiger partial charge on any atom is 0.272 e. The van der Waals surface area contributed by atoms with E-state index >= 15 is 0 Å². The lowest BCUT2D eigenvalue weighted by atomic mass is 9.90. The minimum atomic E-state index is 0.0343. The fourth-order valence-electron chi connectivity index (χ4n) is 3.82. The van der Waals surface area contributed by atoms with Gasteiger partial charge in [-0.3, -0.25) is 4.79 Å². The molecule has 27 heavy (non-hydrogen) atoms. The number of hydrogen-bond donors (Lipinski definition) is 0. The summed E-state index contributed by atoms with van der Waals surface area (Å²) in [6.07, 6.45) is 3.20. The third-order valence-electron chi connectivity index (χ3n) is 5.40. The Morgan fingerprint density at radius 1 is 1.11 bits per heavy atom. The highest BCUT2D eigenvalue weighted by molar-refractivity contribution is 5.93. The van der Waals surface area contributed by atoms with Crippen molar-refractivity contribution in [2.24, 2.45) is 5.92 Å². The number of amides is 1. The Kier molecular flexibility index (Phi) is 6.43. The van der Waals surface area contributed by atoms with Gasteiger partial charge in [-0.25, -0.2) is 9.97 Å². The first-order chi connectivity index (χ1) is 13.1. The minimum absolute atomic E-state index is 0.0343. The van der Waals surface area contributed by atoms with E-state index in [2.05, 4.69) is 59.0 Å². The van der Waals surface area contributed by atoms with Crippen molar-refractivity contribution in [3.8, 4) is 0 Å². The number of rotatable bonds is 6. The smallest absolute Gasteiger partial charge is 0.272 e. The Hall–Kier alpha value is -2.43. The van der Waals surface area contributed by atoms with Crippen LogP contribution in [0.1, 0.15) is 48.6 Å². The first-order valence-corrected chi connectivity index (χ1v) is 10.0. The van der Waals surface area contributed by atoms with Crippen molar-refractivity contribution in [1.82, 2.24) is 14.9 Å². The van der Waals surface area contributed by atoms with Gasteiger partial charge in [-0.2, -0.15) is 0 Å². The van der Waals surface area contributed by atoms with E-state index < -0.39 is 0 Å². The Bertz CT molecular complexity index is 750. The van der Waals surface area contributed by atoms with Gasteiger partial charge in [0.05, 0.1) is 0 Å². The molecule has 0 aliphatic carbocycles. The van der Waals surface area contributed by atoms with Crippen LogP contribution in [0.3, 0.4) is 0 Å². The molecule has 3 rings (SSSR count). The fraction of sp³-hybridized carbons (Fsp3) is 0.500. The lowest BCUT2D eigenvalue weighted by Gasteiger charge is -2.32. The minimum Gasteiger partial charge on any atom is -0.357 e. The highest BCUT2D eigenvalue weighted by Gasteiger charge is 2.25. The average molecular weight is 367 g/mol. The van der Waals surface area contributed by atoms with E-state index in [1.165, 1.54) is 5.56 Å². The normalized spacial score (nSPS) is 15.0. The van der Waals surface area contributed by atoms with E-state index in [0.29, 0.717) is 17.4 Å². The zero-order valence-electron chi connectivity index (χ0n) is 16.7. The topological polar surface area (TPSA) is 49.3 Å². The molecule has 0 spiro atoms. The molecule has 0 saturated carbocycles. The monoisotopic (exact) mass is 366 g/mol. The van der Waals surface area contributed by atoms with Crippen LogP contribution in [0.5, 0.6) is 0 Å². The molecule has 1 amide bonds. The first kappa shape index (κ1) is 19.3. The number of piperidine rings is 1. The molecule has 0 radical (unpaired) electrons. The van der Waals surface area contributed by atoms with Crippen LogP contribution >= 0.6 is 0 Å². The van der Waals surface area contributed by atoms with Gasteiger partial charge in [-0.1, -0.05) is 30.3 Å². The lowest BCUT2D eigenvalue weighted by Crippen LogP contribution is -2.39. The van der Waals surface area contributed by atoms with Crippen LogP contribution in [0.4, 0.5) is 5.82 Å². The van der Waals surface area contributed by atoms with Crippen molar-refractivity contribution in [2.45, 2.75) is 40.0 Å². The maximum absolute atomic E-state index is 13.0. The number of anilines is 1. The third kappa shape index (κ3) is 4.85. The molecule has 5 heteroatoms. The number of aromatic nitrogens is 2. The van der Waals surface area contributed by atoms with Gasteiger partial charge in [-0.05, 0) is 51.5 Å². The number of carbonyl (C=O) groups is 1. The third-order valence-corrected chi connectivity index (χ3v) is 5.40. The molecule has 2 heterocycles. The predicted molar refractivity (Wildman–Crippen MR) is 109 cm³/mol. The van der Waals surface area contributed by atoms with Crippen LogP contribution < -0.4 is 4.90 Å². The molecule has 1 saturated heterocycles. The summed E-state index contributed by atoms with van der Waals surface area (Å²) in [5.41, 5.74) is 1.91. The van der Waals surface area contributed by atoms with E-state index in [4.69, 9.17) is 0 Å². The molecule has 1 aliphatic rings. The summed E-state index contributed by atoms with van der Waals surface area (Å²) in [6, 6.07) is 12.5. The molecule has 1 aromatic heterocycles. The summed E-state index contributed by atoms with van der Waals surface area (Å²) in [5.74, 6) is 2.18. The van der Waals surface area contributed by atoms with E-state index in [0.717, 1.165) is 51.3 Å². The molecule has 1 fully saturated rings. The predicted octanol–water partition coefficient (Wildman–Crippen LogP) is 3.73. The highest BCUT2D eigenvalue weighted by Crippen LogP contribution is 2.23. The van der Waals surface area contributed by atoms with E-state index in [1.807, 2.05) is 17.9 Å². The van der Waals surface area contributed by atoms with E-state index in [9.17, 15) is 4.79 Å².